The van der Waals surface area contributed by atoms with Crippen LogP contribution in [0.1, 0.15) is 11.1 Å². The lowest BCUT2D eigenvalue weighted by atomic mass is 10.1. The number of fused-ring (bicyclic) bond motifs is 1. The van der Waals surface area contributed by atoms with Gasteiger partial charge in [0.1, 0.15) is 18.1 Å². The van der Waals surface area contributed by atoms with E-state index < -0.39 is 0 Å². The number of hydrogen-bond acceptors (Lipinski definition) is 3. The van der Waals surface area contributed by atoms with Gasteiger partial charge in [0, 0.05) is 5.56 Å². The van der Waals surface area contributed by atoms with E-state index in [9.17, 15) is 4.79 Å². The molecule has 0 spiro atoms. The second-order valence-corrected chi connectivity index (χ2v) is 6.34. The van der Waals surface area contributed by atoms with Crippen LogP contribution in [0, 0.1) is 0 Å². The summed E-state index contributed by atoms with van der Waals surface area (Å²) in [5, 5.41) is 8.08. The molecule has 26 heavy (non-hydrogen) atoms. The van der Waals surface area contributed by atoms with Crippen molar-refractivity contribution in [3.63, 3.8) is 0 Å². The molecule has 1 fully saturated rings. The van der Waals surface area contributed by atoms with Gasteiger partial charge in [-0.3, -0.25) is 10.1 Å². The van der Waals surface area contributed by atoms with Crippen molar-refractivity contribution in [1.29, 1.82) is 0 Å². The zero-order valence-electron chi connectivity index (χ0n) is 13.9. The van der Waals surface area contributed by atoms with Crippen LogP contribution in [0.3, 0.4) is 0 Å². The summed E-state index contributed by atoms with van der Waals surface area (Å²) in [5.74, 6) is 0.471. The molecule has 0 saturated carbocycles. The molecule has 0 bridgehead atoms. The van der Waals surface area contributed by atoms with E-state index in [1.807, 2.05) is 42.5 Å². The Morgan fingerprint density at radius 2 is 1.69 bits per heavy atom. The first-order chi connectivity index (χ1) is 12.7. The highest BCUT2D eigenvalue weighted by atomic mass is 32.1. The van der Waals surface area contributed by atoms with Crippen LogP contribution in [0.25, 0.3) is 16.8 Å². The Morgan fingerprint density at radius 1 is 0.923 bits per heavy atom. The van der Waals surface area contributed by atoms with Gasteiger partial charge in [0.2, 0.25) is 0 Å². The predicted octanol–water partition coefficient (Wildman–Crippen LogP) is 3.76. The molecule has 0 radical (unpaired) electrons. The summed E-state index contributed by atoms with van der Waals surface area (Å²) >= 11 is 4.97. The Morgan fingerprint density at radius 3 is 2.54 bits per heavy atom. The highest BCUT2D eigenvalue weighted by molar-refractivity contribution is 7.80. The molecule has 5 heteroatoms. The van der Waals surface area contributed by atoms with Crippen molar-refractivity contribution in [2.24, 2.45) is 0 Å². The monoisotopic (exact) mass is 360 g/mol. The number of carbonyl (C=O) groups is 1. The van der Waals surface area contributed by atoms with Crippen LogP contribution in [-0.2, 0) is 11.4 Å². The van der Waals surface area contributed by atoms with E-state index in [0.717, 1.165) is 11.1 Å². The van der Waals surface area contributed by atoms with Gasteiger partial charge in [-0.25, -0.2) is 0 Å². The van der Waals surface area contributed by atoms with Gasteiger partial charge in [0.05, 0.1) is 0 Å². The Labute approximate surface area is 156 Å². The van der Waals surface area contributed by atoms with E-state index in [1.165, 1.54) is 10.8 Å². The maximum absolute atomic E-state index is 11.9. The summed E-state index contributed by atoms with van der Waals surface area (Å²) < 4.78 is 6.07. The van der Waals surface area contributed by atoms with Crippen LogP contribution in [0.4, 0.5) is 0 Å². The van der Waals surface area contributed by atoms with Gasteiger partial charge in [-0.15, -0.1) is 0 Å². The molecule has 1 heterocycles. The van der Waals surface area contributed by atoms with Gasteiger partial charge < -0.3 is 10.1 Å². The van der Waals surface area contributed by atoms with Crippen LogP contribution in [0.15, 0.2) is 72.4 Å². The van der Waals surface area contributed by atoms with Gasteiger partial charge in [0.15, 0.2) is 5.11 Å². The largest absolute Gasteiger partial charge is 0.488 e. The normalized spacial score (nSPS) is 15.2. The van der Waals surface area contributed by atoms with Gasteiger partial charge in [0.25, 0.3) is 5.91 Å². The third-order valence-electron chi connectivity index (χ3n) is 4.20. The van der Waals surface area contributed by atoms with Crippen molar-refractivity contribution < 1.29 is 9.53 Å². The van der Waals surface area contributed by atoms with Crippen molar-refractivity contribution in [3.8, 4) is 5.75 Å². The molecule has 1 amide bonds. The maximum Gasteiger partial charge on any atom is 0.273 e. The molecule has 0 atom stereocenters. The predicted molar refractivity (Wildman–Crippen MR) is 107 cm³/mol. The van der Waals surface area contributed by atoms with Gasteiger partial charge in [-0.05, 0) is 40.7 Å². The average Bonchev–Trinajstić information content (AvgIpc) is 2.98. The highest BCUT2D eigenvalue weighted by Gasteiger charge is 2.20. The number of benzene rings is 3. The number of thiocarbonyl (C=S) groups is 1. The molecule has 1 saturated heterocycles. The third-order valence-corrected chi connectivity index (χ3v) is 4.41. The van der Waals surface area contributed by atoms with Gasteiger partial charge in [-0.1, -0.05) is 60.7 Å². The topological polar surface area (TPSA) is 50.4 Å². The Kier molecular flexibility index (Phi) is 4.37. The molecule has 3 aromatic carbocycles. The van der Waals surface area contributed by atoms with E-state index in [1.54, 1.807) is 6.08 Å². The summed E-state index contributed by atoms with van der Waals surface area (Å²) in [6, 6.07) is 22.0. The second kappa shape index (κ2) is 6.98. The minimum absolute atomic E-state index is 0.237. The number of nitrogens with one attached hydrogen (secondary N) is 2. The van der Waals surface area contributed by atoms with Gasteiger partial charge in [-0.2, -0.15) is 0 Å². The molecule has 3 aromatic rings. The first kappa shape index (κ1) is 16.3. The molecular weight excluding hydrogens is 344 g/mol. The van der Waals surface area contributed by atoms with Crippen LogP contribution in [0.2, 0.25) is 0 Å². The van der Waals surface area contributed by atoms with E-state index >= 15 is 0 Å². The van der Waals surface area contributed by atoms with Crippen molar-refractivity contribution in [2.45, 2.75) is 6.61 Å². The van der Waals surface area contributed by atoms with Crippen LogP contribution in [0.5, 0.6) is 5.75 Å². The summed E-state index contributed by atoms with van der Waals surface area (Å²) in [4.78, 5) is 11.9. The van der Waals surface area contributed by atoms with Crippen molar-refractivity contribution in [3.05, 3.63) is 83.6 Å². The summed E-state index contributed by atoms with van der Waals surface area (Å²) in [6.07, 6.45) is 1.74. The third kappa shape index (κ3) is 3.30. The minimum Gasteiger partial charge on any atom is -0.488 e. The zero-order valence-corrected chi connectivity index (χ0v) is 14.7. The molecule has 128 valence electrons. The van der Waals surface area contributed by atoms with E-state index in [2.05, 4.69) is 34.9 Å². The standard InChI is InChI=1S/C21H16N2O2S/c24-20-18(22-21(26)23-20)12-15-7-2-4-11-19(15)25-13-16-9-5-8-14-6-1-3-10-17(14)16/h1-12H,13H2,(H2,22,23,24,26)/b18-12+. The van der Waals surface area contributed by atoms with Crippen LogP contribution < -0.4 is 15.4 Å². The fourth-order valence-corrected chi connectivity index (χ4v) is 3.15. The molecule has 4 nitrogen and oxygen atoms in total. The number of ether oxygens (including phenoxy) is 1. The smallest absolute Gasteiger partial charge is 0.273 e. The van der Waals surface area contributed by atoms with E-state index in [-0.39, 0.29) is 5.91 Å². The lowest BCUT2D eigenvalue weighted by Crippen LogP contribution is -2.21. The number of carbonyl (C=O) groups excluding carboxylic acids is 1. The second-order valence-electron chi connectivity index (χ2n) is 5.93. The number of hydrogen-bond donors (Lipinski definition) is 2. The number of para-hydroxylation sites is 1. The fourth-order valence-electron chi connectivity index (χ4n) is 2.94. The van der Waals surface area contributed by atoms with Gasteiger partial charge >= 0.3 is 0 Å². The van der Waals surface area contributed by atoms with Crippen molar-refractivity contribution >= 4 is 40.1 Å². The lowest BCUT2D eigenvalue weighted by Gasteiger charge is -2.11. The van der Waals surface area contributed by atoms with Crippen molar-refractivity contribution in [2.75, 3.05) is 0 Å². The zero-order chi connectivity index (χ0) is 17.9. The summed E-state index contributed by atoms with van der Waals surface area (Å²) in [7, 11) is 0. The first-order valence-corrected chi connectivity index (χ1v) is 8.64. The lowest BCUT2D eigenvalue weighted by molar-refractivity contribution is -0.115. The Hall–Kier alpha value is -3.18. The fraction of sp³-hybridized carbons (Fsp3) is 0.0476. The van der Waals surface area contributed by atoms with Crippen molar-refractivity contribution in [1.82, 2.24) is 10.6 Å². The Balaban J connectivity index is 1.60. The van der Waals surface area contributed by atoms with Crippen LogP contribution >= 0.6 is 12.2 Å². The molecule has 0 aliphatic carbocycles. The molecule has 0 aromatic heterocycles. The number of rotatable bonds is 4. The Bertz CT molecular complexity index is 1040. The SMILES string of the molecule is O=C1NC(=S)N/C1=C/c1ccccc1OCc1cccc2ccccc12. The van der Waals surface area contributed by atoms with Crippen LogP contribution in [-0.4, -0.2) is 11.0 Å². The average molecular weight is 360 g/mol. The molecule has 1 aliphatic rings. The highest BCUT2D eigenvalue weighted by Crippen LogP contribution is 2.24. The number of amides is 1. The minimum atomic E-state index is -0.237. The molecule has 0 unspecified atom stereocenters. The van der Waals surface area contributed by atoms with E-state index in [0.29, 0.717) is 23.2 Å². The maximum atomic E-state index is 11.9. The van der Waals surface area contributed by atoms with E-state index in [4.69, 9.17) is 17.0 Å². The summed E-state index contributed by atoms with van der Waals surface area (Å²) in [6.45, 7) is 0.444. The molecule has 1 aliphatic heterocycles. The first-order valence-electron chi connectivity index (χ1n) is 8.23. The quantitative estimate of drug-likeness (QED) is 0.549. The molecular formula is C21H16N2O2S. The molecule has 4 rings (SSSR count). The molecule has 2 N–H and O–H groups in total. The summed E-state index contributed by atoms with van der Waals surface area (Å²) in [5.41, 5.74) is 2.34.